The van der Waals surface area contributed by atoms with Crippen molar-refractivity contribution in [2.45, 2.75) is 38.4 Å². The Labute approximate surface area is 198 Å². The van der Waals surface area contributed by atoms with Gasteiger partial charge < -0.3 is 30.9 Å². The van der Waals surface area contributed by atoms with Crippen LogP contribution < -0.4 is 16.2 Å². The Bertz CT molecular complexity index is 1160. The van der Waals surface area contributed by atoms with Crippen LogP contribution in [0.2, 0.25) is 0 Å². The van der Waals surface area contributed by atoms with E-state index in [0.29, 0.717) is 35.6 Å². The van der Waals surface area contributed by atoms with E-state index >= 15 is 0 Å². The third-order valence-electron chi connectivity index (χ3n) is 6.53. The van der Waals surface area contributed by atoms with Crippen molar-refractivity contribution in [1.29, 1.82) is 0 Å². The van der Waals surface area contributed by atoms with Crippen molar-refractivity contribution < 1.29 is 38.1 Å². The number of benzene rings is 1. The van der Waals surface area contributed by atoms with Crippen LogP contribution in [-0.2, 0) is 11.2 Å². The molecule has 0 radical (unpaired) electrons. The van der Waals surface area contributed by atoms with E-state index in [9.17, 15) is 33.0 Å². The summed E-state index contributed by atoms with van der Waals surface area (Å²) in [5, 5.41) is 26.6. The number of fused-ring (bicyclic) bond motifs is 1. The highest BCUT2D eigenvalue weighted by Gasteiger charge is 2.41. The Kier molecular flexibility index (Phi) is 7.44. The third-order valence-corrected chi connectivity index (χ3v) is 6.53. The Hall–Kier alpha value is -3.54. The third kappa shape index (κ3) is 5.42. The first kappa shape index (κ1) is 26.1. The predicted molar refractivity (Wildman–Crippen MR) is 121 cm³/mol. The molecular weight excluding hydrogens is 471 g/mol. The van der Waals surface area contributed by atoms with Crippen molar-refractivity contribution in [3.63, 3.8) is 0 Å². The molecule has 1 aromatic heterocycles. The highest BCUT2D eigenvalue weighted by molar-refractivity contribution is 5.92. The smallest absolute Gasteiger partial charge is 0.490 e. The molecule has 0 amide bonds. The second-order valence-corrected chi connectivity index (χ2v) is 8.61. The summed E-state index contributed by atoms with van der Waals surface area (Å²) < 4.78 is 31.7. The van der Waals surface area contributed by atoms with Crippen LogP contribution >= 0.6 is 0 Å². The summed E-state index contributed by atoms with van der Waals surface area (Å²) in [6.07, 6.45) is -2.38. The van der Waals surface area contributed by atoms with Gasteiger partial charge in [0, 0.05) is 30.4 Å². The molecule has 2 aliphatic rings. The molecule has 6 N–H and O–H groups in total. The lowest BCUT2D eigenvalue weighted by Gasteiger charge is -2.21. The van der Waals surface area contributed by atoms with Gasteiger partial charge in [-0.1, -0.05) is 19.1 Å². The first-order valence-electron chi connectivity index (χ1n) is 11.0. The van der Waals surface area contributed by atoms with Crippen LogP contribution in [0.25, 0.3) is 11.3 Å². The zero-order valence-corrected chi connectivity index (χ0v) is 18.8. The van der Waals surface area contributed by atoms with E-state index in [0.717, 1.165) is 30.8 Å². The van der Waals surface area contributed by atoms with Crippen molar-refractivity contribution in [2.75, 3.05) is 18.0 Å². The van der Waals surface area contributed by atoms with Gasteiger partial charge in [-0.25, -0.2) is 9.59 Å². The average Bonchev–Trinajstić information content (AvgIpc) is 3.35. The number of carboxylic acids is 2. The molecule has 0 unspecified atom stereocenters. The van der Waals surface area contributed by atoms with Gasteiger partial charge in [0.25, 0.3) is 5.56 Å². The number of carboxylic acid groups (broad SMARTS) is 2. The van der Waals surface area contributed by atoms with Gasteiger partial charge in [-0.05, 0) is 48.8 Å². The lowest BCUT2D eigenvalue weighted by Crippen LogP contribution is -2.30. The number of nitrogens with one attached hydrogen (secondary N) is 1. The normalized spacial score (nSPS) is 21.3. The molecule has 4 rings (SSSR count). The predicted octanol–water partition coefficient (Wildman–Crippen LogP) is 2.81. The Morgan fingerprint density at radius 2 is 1.74 bits per heavy atom. The van der Waals surface area contributed by atoms with E-state index in [1.54, 1.807) is 0 Å². The summed E-state index contributed by atoms with van der Waals surface area (Å²) in [6.45, 7) is 3.79. The molecule has 2 fully saturated rings. The number of carbonyl (C=O) groups is 2. The number of alkyl halides is 3. The van der Waals surface area contributed by atoms with E-state index < -0.39 is 35.0 Å². The van der Waals surface area contributed by atoms with Gasteiger partial charge in [-0.2, -0.15) is 13.2 Å². The number of H-pyrrole nitrogens is 1. The largest absolute Gasteiger partial charge is 0.506 e. The molecule has 0 spiro atoms. The highest BCUT2D eigenvalue weighted by Crippen LogP contribution is 2.39. The van der Waals surface area contributed by atoms with Crippen LogP contribution in [-0.4, -0.2) is 57.5 Å². The fourth-order valence-electron chi connectivity index (χ4n) is 4.77. The molecule has 3 atom stereocenters. The zero-order valence-electron chi connectivity index (χ0n) is 18.8. The van der Waals surface area contributed by atoms with Crippen molar-refractivity contribution in [3.8, 4) is 17.0 Å². The molecule has 0 bridgehead atoms. The fraction of sp³-hybridized carbons (Fsp3) is 0.435. The minimum absolute atomic E-state index is 0.294. The van der Waals surface area contributed by atoms with Crippen molar-refractivity contribution in [1.82, 2.24) is 4.98 Å². The van der Waals surface area contributed by atoms with Crippen molar-refractivity contribution in [3.05, 3.63) is 45.7 Å². The summed E-state index contributed by atoms with van der Waals surface area (Å²) in [4.78, 5) is 37.3. The number of aromatic carboxylic acids is 1. The number of pyridine rings is 1. The monoisotopic (exact) mass is 497 g/mol. The number of hydrogen-bond donors (Lipinski definition) is 5. The number of nitrogens with two attached hydrogens (primary N) is 1. The molecule has 12 heteroatoms. The molecule has 1 aromatic carbocycles. The number of aromatic amines is 1. The van der Waals surface area contributed by atoms with Crippen molar-refractivity contribution in [2.24, 2.45) is 17.6 Å². The molecule has 1 saturated heterocycles. The van der Waals surface area contributed by atoms with Crippen LogP contribution in [0, 0.1) is 11.8 Å². The molecule has 9 nitrogen and oxygen atoms in total. The summed E-state index contributed by atoms with van der Waals surface area (Å²) >= 11 is 0. The maximum atomic E-state index is 12.1. The Balaban J connectivity index is 0.000000429. The van der Waals surface area contributed by atoms with E-state index in [1.807, 2.05) is 31.2 Å². The number of rotatable bonds is 4. The summed E-state index contributed by atoms with van der Waals surface area (Å²) in [6, 6.07) is 8.09. The van der Waals surface area contributed by atoms with Gasteiger partial charge in [-0.3, -0.25) is 4.79 Å². The number of hydrogen-bond acceptors (Lipinski definition) is 6. The summed E-state index contributed by atoms with van der Waals surface area (Å²) in [5.74, 6) is -3.43. The number of halogens is 3. The zero-order chi connectivity index (χ0) is 26.1. The van der Waals surface area contributed by atoms with Crippen LogP contribution in [0.15, 0.2) is 29.1 Å². The number of aliphatic carboxylic acids is 1. The molecule has 35 heavy (non-hydrogen) atoms. The first-order valence-corrected chi connectivity index (χ1v) is 11.0. The Morgan fingerprint density at radius 1 is 1.14 bits per heavy atom. The fourth-order valence-corrected chi connectivity index (χ4v) is 4.77. The summed E-state index contributed by atoms with van der Waals surface area (Å²) in [5.41, 5.74) is 7.54. The second-order valence-electron chi connectivity index (χ2n) is 8.61. The topological polar surface area (TPSA) is 157 Å². The maximum absolute atomic E-state index is 12.1. The standard InChI is InChI=1S/C21H25N3O4.C2HF3O2/c1-2-14-18(23-20(26)17(19(14)25)21(27)28)11-3-6-13(7-4-11)24-9-12-5-8-16(22)15(12)10-24;3-2(4,5)1(6)7/h3-4,6-7,12,15-16H,2,5,8-10,22H2,1H3,(H,27,28)(H2,23,25,26);(H,6,7)/t12-,15+,16+;/m1./s1. The van der Waals surface area contributed by atoms with Crippen molar-refractivity contribution >= 4 is 17.6 Å². The van der Waals surface area contributed by atoms with E-state index in [1.165, 1.54) is 6.42 Å². The molecule has 2 aromatic rings. The van der Waals surface area contributed by atoms with Gasteiger partial charge in [0.2, 0.25) is 0 Å². The van der Waals surface area contributed by atoms with Crippen LogP contribution in [0.3, 0.4) is 0 Å². The number of aromatic hydroxyl groups is 1. The Morgan fingerprint density at radius 3 is 2.23 bits per heavy atom. The van der Waals surface area contributed by atoms with E-state index in [2.05, 4.69) is 9.88 Å². The van der Waals surface area contributed by atoms with E-state index in [4.69, 9.17) is 15.6 Å². The highest BCUT2D eigenvalue weighted by atomic mass is 19.4. The molecule has 1 aliphatic carbocycles. The number of nitrogens with zero attached hydrogens (tertiary/aromatic N) is 1. The minimum atomic E-state index is -5.08. The van der Waals surface area contributed by atoms with Gasteiger partial charge in [0.1, 0.15) is 5.75 Å². The lowest BCUT2D eigenvalue weighted by molar-refractivity contribution is -0.192. The van der Waals surface area contributed by atoms with Gasteiger partial charge >= 0.3 is 18.1 Å². The quantitative estimate of drug-likeness (QED) is 0.432. The van der Waals surface area contributed by atoms with Gasteiger partial charge in [-0.15, -0.1) is 0 Å². The van der Waals surface area contributed by atoms with Crippen LogP contribution in [0.5, 0.6) is 5.75 Å². The summed E-state index contributed by atoms with van der Waals surface area (Å²) in [7, 11) is 0. The molecule has 1 saturated carbocycles. The number of anilines is 1. The van der Waals surface area contributed by atoms with Crippen LogP contribution in [0.4, 0.5) is 18.9 Å². The molecule has 2 heterocycles. The molecular formula is C23H26F3N3O6. The minimum Gasteiger partial charge on any atom is -0.506 e. The van der Waals surface area contributed by atoms with Gasteiger partial charge in [0.05, 0.1) is 5.69 Å². The number of aromatic nitrogens is 1. The average molecular weight is 497 g/mol. The van der Waals surface area contributed by atoms with E-state index in [-0.39, 0.29) is 0 Å². The van der Waals surface area contributed by atoms with Crippen LogP contribution in [0.1, 0.15) is 35.7 Å². The van der Waals surface area contributed by atoms with Gasteiger partial charge in [0.15, 0.2) is 5.56 Å². The SMILES string of the molecule is CCc1c(-c2ccc(N3C[C@H]4CC[C@H](N)[C@H]4C3)cc2)[nH]c(=O)c(C(=O)O)c1O.O=C(O)C(F)(F)F. The first-order chi connectivity index (χ1) is 16.3. The molecule has 190 valence electrons. The maximum Gasteiger partial charge on any atom is 0.490 e. The molecule has 1 aliphatic heterocycles. The lowest BCUT2D eigenvalue weighted by atomic mass is 9.98. The second kappa shape index (κ2) is 9.98.